The van der Waals surface area contributed by atoms with E-state index in [1.165, 1.54) is 33.9 Å². The summed E-state index contributed by atoms with van der Waals surface area (Å²) in [4.78, 5) is 2.28. The largest absolute Gasteiger partial charge is 0.497 e. The van der Waals surface area contributed by atoms with Crippen molar-refractivity contribution in [3.8, 4) is 5.75 Å². The molecule has 0 N–H and O–H groups in total. The number of hydrogen-bond donors (Lipinski definition) is 0. The molecular weight excluding hydrogens is 392 g/mol. The van der Waals surface area contributed by atoms with Crippen molar-refractivity contribution < 1.29 is 9.31 Å². The molecule has 0 unspecified atom stereocenters. The van der Waals surface area contributed by atoms with Crippen molar-refractivity contribution in [2.75, 3.05) is 26.1 Å². The van der Waals surface area contributed by atoms with Crippen molar-refractivity contribution in [3.63, 3.8) is 0 Å². The van der Waals surface area contributed by atoms with Crippen molar-refractivity contribution in [1.82, 2.24) is 0 Å². The van der Waals surface area contributed by atoms with Crippen molar-refractivity contribution in [2.24, 2.45) is 0 Å². The molecule has 3 nitrogen and oxygen atoms in total. The summed E-state index contributed by atoms with van der Waals surface area (Å²) in [5, 5.41) is 0.782. The highest BCUT2D eigenvalue weighted by molar-refractivity contribution is 6.30. The van der Waals surface area contributed by atoms with E-state index in [1.807, 2.05) is 12.1 Å². The van der Waals surface area contributed by atoms with Crippen LogP contribution in [0, 0.1) is 0 Å². The van der Waals surface area contributed by atoms with Crippen LogP contribution in [0.1, 0.15) is 38.8 Å². The quantitative estimate of drug-likeness (QED) is 0.546. The first-order valence-electron chi connectivity index (χ1n) is 10.3. The molecule has 0 aromatic heterocycles. The molecule has 0 saturated heterocycles. The summed E-state index contributed by atoms with van der Waals surface area (Å²) < 4.78 is 7.72. The highest BCUT2D eigenvalue weighted by atomic mass is 35.5. The number of ether oxygens (including phenoxy) is 1. The number of anilines is 1. The minimum absolute atomic E-state index is 0.0960. The Hall–Kier alpha value is -2.52. The predicted molar refractivity (Wildman–Crippen MR) is 127 cm³/mol. The summed E-state index contributed by atoms with van der Waals surface area (Å²) in [6, 6.07) is 12.5. The van der Waals surface area contributed by atoms with E-state index in [9.17, 15) is 0 Å². The Bertz CT molecular complexity index is 1120. The van der Waals surface area contributed by atoms with E-state index in [2.05, 4.69) is 93.8 Å². The van der Waals surface area contributed by atoms with E-state index in [0.717, 1.165) is 10.8 Å². The Kier molecular flexibility index (Phi) is 4.85. The van der Waals surface area contributed by atoms with Crippen LogP contribution >= 0.6 is 11.6 Å². The van der Waals surface area contributed by atoms with E-state index in [1.54, 1.807) is 7.11 Å². The van der Waals surface area contributed by atoms with Gasteiger partial charge in [-0.2, -0.15) is 4.58 Å². The summed E-state index contributed by atoms with van der Waals surface area (Å²) in [6.45, 7) is 9.05. The molecule has 0 bridgehead atoms. The lowest BCUT2D eigenvalue weighted by atomic mass is 9.81. The van der Waals surface area contributed by atoms with Gasteiger partial charge in [0.25, 0.3) is 0 Å². The number of fused-ring (bicyclic) bond motifs is 2. The van der Waals surface area contributed by atoms with Gasteiger partial charge in [0.15, 0.2) is 5.71 Å². The normalized spacial score (nSPS) is 20.3. The molecule has 0 spiro atoms. The summed E-state index contributed by atoms with van der Waals surface area (Å²) in [5.41, 5.74) is 7.33. The monoisotopic (exact) mass is 421 g/mol. The number of benzene rings is 2. The molecule has 2 aliphatic heterocycles. The first kappa shape index (κ1) is 20.7. The molecule has 4 heteroatoms. The van der Waals surface area contributed by atoms with E-state index >= 15 is 0 Å². The second kappa shape index (κ2) is 7.02. The smallest absolute Gasteiger partial charge is 0.209 e. The van der Waals surface area contributed by atoms with Gasteiger partial charge in [-0.05, 0) is 55.8 Å². The van der Waals surface area contributed by atoms with Crippen LogP contribution in [0.3, 0.4) is 0 Å². The third-order valence-electron chi connectivity index (χ3n) is 6.74. The Labute approximate surface area is 184 Å². The minimum Gasteiger partial charge on any atom is -0.497 e. The zero-order valence-corrected chi connectivity index (χ0v) is 19.6. The van der Waals surface area contributed by atoms with Crippen molar-refractivity contribution >= 4 is 28.7 Å². The average molecular weight is 422 g/mol. The number of methoxy groups -OCH3 is 1. The molecule has 2 aliphatic rings. The molecular formula is C26H30ClN2O+. The van der Waals surface area contributed by atoms with Crippen LogP contribution in [-0.4, -0.2) is 31.5 Å². The van der Waals surface area contributed by atoms with Crippen LogP contribution in [0.25, 0.3) is 0 Å². The fourth-order valence-corrected chi connectivity index (χ4v) is 5.15. The number of allylic oxidation sites excluding steroid dienone is 4. The lowest BCUT2D eigenvalue weighted by Gasteiger charge is -2.23. The van der Waals surface area contributed by atoms with Gasteiger partial charge in [-0.15, -0.1) is 0 Å². The molecule has 2 aromatic carbocycles. The van der Waals surface area contributed by atoms with E-state index in [-0.39, 0.29) is 10.8 Å². The van der Waals surface area contributed by atoms with E-state index < -0.39 is 0 Å². The molecule has 4 rings (SSSR count). The number of hydrogen-bond acceptors (Lipinski definition) is 2. The van der Waals surface area contributed by atoms with Gasteiger partial charge < -0.3 is 9.64 Å². The minimum atomic E-state index is -0.0998. The van der Waals surface area contributed by atoms with Crippen molar-refractivity contribution in [3.05, 3.63) is 76.5 Å². The van der Waals surface area contributed by atoms with Crippen LogP contribution in [0.5, 0.6) is 5.75 Å². The number of nitrogens with zero attached hydrogens (tertiary/aromatic N) is 2. The van der Waals surface area contributed by atoms with Gasteiger partial charge in [0.2, 0.25) is 5.69 Å². The maximum absolute atomic E-state index is 6.28. The zero-order chi connectivity index (χ0) is 21.8. The van der Waals surface area contributed by atoms with Crippen LogP contribution in [0.2, 0.25) is 5.02 Å². The molecule has 0 aliphatic carbocycles. The topological polar surface area (TPSA) is 15.5 Å². The third kappa shape index (κ3) is 2.99. The van der Waals surface area contributed by atoms with Crippen LogP contribution in [-0.2, 0) is 10.8 Å². The Morgan fingerprint density at radius 1 is 1.00 bits per heavy atom. The Morgan fingerprint density at radius 2 is 1.73 bits per heavy atom. The highest BCUT2D eigenvalue weighted by Gasteiger charge is 2.43. The Balaban J connectivity index is 1.70. The molecule has 30 heavy (non-hydrogen) atoms. The molecule has 156 valence electrons. The Morgan fingerprint density at radius 3 is 2.43 bits per heavy atom. The average Bonchev–Trinajstić information content (AvgIpc) is 3.01. The predicted octanol–water partition coefficient (Wildman–Crippen LogP) is 6.22. The fourth-order valence-electron chi connectivity index (χ4n) is 4.98. The van der Waals surface area contributed by atoms with Gasteiger partial charge in [-0.3, -0.25) is 0 Å². The summed E-state index contributed by atoms with van der Waals surface area (Å²) in [5.74, 6) is 0.897. The van der Waals surface area contributed by atoms with Gasteiger partial charge in [0.05, 0.1) is 12.5 Å². The molecule has 0 amide bonds. The molecule has 0 atom stereocenters. The van der Waals surface area contributed by atoms with E-state index in [4.69, 9.17) is 16.3 Å². The van der Waals surface area contributed by atoms with Crippen LogP contribution in [0.4, 0.5) is 11.4 Å². The van der Waals surface area contributed by atoms with Gasteiger partial charge in [0, 0.05) is 46.6 Å². The van der Waals surface area contributed by atoms with E-state index in [0.29, 0.717) is 0 Å². The van der Waals surface area contributed by atoms with Gasteiger partial charge in [-0.25, -0.2) is 0 Å². The van der Waals surface area contributed by atoms with Gasteiger partial charge in [0.1, 0.15) is 12.8 Å². The van der Waals surface area contributed by atoms with Gasteiger partial charge >= 0.3 is 0 Å². The standard InChI is InChI=1S/C26H30ClN2O/c1-25(2)19-15-17(27)11-13-21(19)28(5)23(25)9-8-10-24-26(3,4)20-16-18(30-7)12-14-22(20)29(24)6/h8-16H,1-7H3/q+1. The highest BCUT2D eigenvalue weighted by Crippen LogP contribution is 2.48. The molecule has 2 heterocycles. The molecule has 0 radical (unpaired) electrons. The number of rotatable bonds is 3. The second-order valence-electron chi connectivity index (χ2n) is 9.21. The molecule has 2 aromatic rings. The summed E-state index contributed by atoms with van der Waals surface area (Å²) in [6.07, 6.45) is 6.64. The fraction of sp³-hybridized carbons (Fsp3) is 0.346. The maximum atomic E-state index is 6.28. The van der Waals surface area contributed by atoms with Gasteiger partial charge in [-0.1, -0.05) is 31.5 Å². The third-order valence-corrected chi connectivity index (χ3v) is 6.98. The van der Waals surface area contributed by atoms with Crippen molar-refractivity contribution in [1.29, 1.82) is 0 Å². The summed E-state index contributed by atoms with van der Waals surface area (Å²) >= 11 is 6.28. The molecule has 0 saturated carbocycles. The first-order valence-corrected chi connectivity index (χ1v) is 10.7. The first-order chi connectivity index (χ1) is 14.1. The SMILES string of the molecule is COc1ccc2c(c1)C(C)(C)/C(=C\C=C\C1=[N+](C)c3ccc(Cl)cc3C1(C)C)N2C. The van der Waals surface area contributed by atoms with Crippen LogP contribution in [0.15, 0.2) is 60.3 Å². The number of likely N-dealkylation sites (N-methyl/N-ethyl adjacent to an activating group) is 1. The van der Waals surface area contributed by atoms with Crippen molar-refractivity contribution in [2.45, 2.75) is 38.5 Å². The second-order valence-corrected chi connectivity index (χ2v) is 9.65. The zero-order valence-electron chi connectivity index (χ0n) is 18.9. The lowest BCUT2D eigenvalue weighted by Crippen LogP contribution is -2.26. The van der Waals surface area contributed by atoms with Crippen LogP contribution < -0.4 is 9.64 Å². The number of halogens is 1. The maximum Gasteiger partial charge on any atom is 0.209 e. The lowest BCUT2D eigenvalue weighted by molar-refractivity contribution is -0.401. The molecule has 0 fully saturated rings. The summed E-state index contributed by atoms with van der Waals surface area (Å²) in [7, 11) is 5.98.